The Morgan fingerprint density at radius 1 is 1.42 bits per heavy atom. The summed E-state index contributed by atoms with van der Waals surface area (Å²) in [6, 6.07) is 2.95. The summed E-state index contributed by atoms with van der Waals surface area (Å²) in [7, 11) is -3.64. The number of hydrogen-bond acceptors (Lipinski definition) is 5. The molecule has 5 nitrogen and oxygen atoms in total. The third kappa shape index (κ3) is 3.50. The second-order valence-corrected chi connectivity index (χ2v) is 6.94. The molecule has 1 atom stereocenters. The molecule has 102 valence electrons. The third-order valence-corrected chi connectivity index (χ3v) is 5.34. The van der Waals surface area contributed by atoms with E-state index < -0.39 is 10.0 Å². The molecule has 2 aromatic heterocycles. The fourth-order valence-electron chi connectivity index (χ4n) is 1.45. The number of sulfonamides is 1. The Morgan fingerprint density at radius 3 is 2.84 bits per heavy atom. The highest BCUT2D eigenvalue weighted by molar-refractivity contribution is 7.89. The summed E-state index contributed by atoms with van der Waals surface area (Å²) in [6.07, 6.45) is 3.14. The van der Waals surface area contributed by atoms with Gasteiger partial charge in [-0.25, -0.2) is 23.1 Å². The summed E-state index contributed by atoms with van der Waals surface area (Å²) in [5.74, 6) is 0.00484. The number of rotatable bonds is 5. The van der Waals surface area contributed by atoms with Crippen molar-refractivity contribution in [2.24, 2.45) is 0 Å². The predicted molar refractivity (Wildman–Crippen MR) is 75.0 cm³/mol. The average Bonchev–Trinajstić information content (AvgIpc) is 2.90. The molecule has 0 aliphatic rings. The number of nitrogens with zero attached hydrogens (tertiary/aromatic N) is 2. The summed E-state index contributed by atoms with van der Waals surface area (Å²) in [4.78, 5) is 7.90. The first-order valence-corrected chi connectivity index (χ1v) is 8.24. The summed E-state index contributed by atoms with van der Waals surface area (Å²) in [6.45, 7) is 2.17. The molecule has 0 aliphatic heterocycles. The van der Waals surface area contributed by atoms with E-state index >= 15 is 0 Å². The molecule has 0 spiro atoms. The van der Waals surface area contributed by atoms with Crippen LogP contribution in [-0.2, 0) is 10.0 Å². The maximum Gasteiger partial charge on any atom is 0.243 e. The number of aromatic nitrogens is 2. The van der Waals surface area contributed by atoms with Gasteiger partial charge in [-0.15, -0.1) is 11.3 Å². The lowest BCUT2D eigenvalue weighted by molar-refractivity contribution is 0.574. The zero-order chi connectivity index (χ0) is 13.9. The minimum Gasteiger partial charge on any atom is -0.249 e. The number of halogens is 1. The molecule has 8 heteroatoms. The molecule has 0 aliphatic carbocycles. The van der Waals surface area contributed by atoms with Crippen LogP contribution in [0.4, 0.5) is 0 Å². The monoisotopic (exact) mass is 317 g/mol. The van der Waals surface area contributed by atoms with Crippen LogP contribution in [0.15, 0.2) is 34.8 Å². The van der Waals surface area contributed by atoms with Gasteiger partial charge < -0.3 is 0 Å². The summed E-state index contributed by atoms with van der Waals surface area (Å²) >= 11 is 7.28. The molecule has 0 saturated heterocycles. The fraction of sp³-hybridized carbons (Fsp3) is 0.273. The molecule has 1 unspecified atom stereocenters. The lowest BCUT2D eigenvalue weighted by Gasteiger charge is -2.11. The Kier molecular flexibility index (Phi) is 4.51. The molecule has 1 N–H and O–H groups in total. The molecule has 0 amide bonds. The van der Waals surface area contributed by atoms with Gasteiger partial charge in [0.25, 0.3) is 0 Å². The van der Waals surface area contributed by atoms with Crippen molar-refractivity contribution in [3.05, 3.63) is 40.1 Å². The van der Waals surface area contributed by atoms with Gasteiger partial charge in [0.15, 0.2) is 0 Å². The van der Waals surface area contributed by atoms with E-state index in [0.717, 1.165) is 5.01 Å². The van der Waals surface area contributed by atoms with Gasteiger partial charge in [-0.2, -0.15) is 0 Å². The van der Waals surface area contributed by atoms with Crippen LogP contribution in [0.1, 0.15) is 17.8 Å². The predicted octanol–water partition coefficient (Wildman–Crippen LogP) is 2.27. The lowest BCUT2D eigenvalue weighted by atomic mass is 10.2. The van der Waals surface area contributed by atoms with Crippen molar-refractivity contribution in [3.8, 4) is 0 Å². The zero-order valence-electron chi connectivity index (χ0n) is 10.1. The maximum atomic E-state index is 12.1. The van der Waals surface area contributed by atoms with Gasteiger partial charge in [0.1, 0.15) is 10.0 Å². The topological polar surface area (TPSA) is 72.0 Å². The molecule has 0 radical (unpaired) electrons. The molecule has 2 rings (SSSR count). The van der Waals surface area contributed by atoms with Gasteiger partial charge in [-0.1, -0.05) is 18.5 Å². The highest BCUT2D eigenvalue weighted by Gasteiger charge is 2.19. The van der Waals surface area contributed by atoms with Crippen molar-refractivity contribution in [1.82, 2.24) is 14.7 Å². The quantitative estimate of drug-likeness (QED) is 0.859. The van der Waals surface area contributed by atoms with Crippen LogP contribution in [0, 0.1) is 0 Å². The van der Waals surface area contributed by atoms with Crippen LogP contribution >= 0.6 is 22.9 Å². The maximum absolute atomic E-state index is 12.1. The van der Waals surface area contributed by atoms with E-state index in [1.54, 1.807) is 6.20 Å². The first-order chi connectivity index (χ1) is 9.00. The minimum absolute atomic E-state index is 0.00484. The highest BCUT2D eigenvalue weighted by atomic mass is 35.5. The molecule has 0 saturated carbocycles. The van der Waals surface area contributed by atoms with Gasteiger partial charge in [0.2, 0.25) is 10.0 Å². The molecule has 2 heterocycles. The van der Waals surface area contributed by atoms with Crippen molar-refractivity contribution >= 4 is 33.0 Å². The van der Waals surface area contributed by atoms with Gasteiger partial charge in [0.05, 0.1) is 5.01 Å². The van der Waals surface area contributed by atoms with Gasteiger partial charge in [0, 0.05) is 30.2 Å². The number of thiazole rings is 1. The Balaban J connectivity index is 2.09. The van der Waals surface area contributed by atoms with E-state index in [9.17, 15) is 8.42 Å². The fourth-order valence-corrected chi connectivity index (χ4v) is 3.73. The molecule has 0 bridgehead atoms. The highest BCUT2D eigenvalue weighted by Crippen LogP contribution is 2.20. The molecule has 0 fully saturated rings. The Bertz CT molecular complexity index is 644. The van der Waals surface area contributed by atoms with E-state index in [0.29, 0.717) is 0 Å². The van der Waals surface area contributed by atoms with Crippen molar-refractivity contribution in [2.45, 2.75) is 17.7 Å². The number of hydrogen-bond donors (Lipinski definition) is 1. The average molecular weight is 318 g/mol. The first-order valence-electron chi connectivity index (χ1n) is 5.50. The Labute approximate surface area is 120 Å². The van der Waals surface area contributed by atoms with Gasteiger partial charge in [-0.3, -0.25) is 0 Å². The Morgan fingerprint density at radius 2 is 2.21 bits per heavy atom. The van der Waals surface area contributed by atoms with Crippen LogP contribution in [0.2, 0.25) is 5.15 Å². The standard InChI is InChI=1S/C11H12ClN3O2S2/c1-8(11-14-5-6-18-11)7-15-19(16,17)9-3-2-4-13-10(9)12/h2-6,8,15H,7H2,1H3. The van der Waals surface area contributed by atoms with Crippen LogP contribution in [0.3, 0.4) is 0 Å². The van der Waals surface area contributed by atoms with E-state index in [-0.39, 0.29) is 22.5 Å². The third-order valence-electron chi connectivity index (χ3n) is 2.47. The van der Waals surface area contributed by atoms with E-state index in [2.05, 4.69) is 14.7 Å². The minimum atomic E-state index is -3.64. The zero-order valence-corrected chi connectivity index (χ0v) is 12.5. The van der Waals surface area contributed by atoms with Crippen LogP contribution in [-0.4, -0.2) is 24.9 Å². The molecular formula is C11H12ClN3O2S2. The van der Waals surface area contributed by atoms with Gasteiger partial charge in [-0.05, 0) is 12.1 Å². The second kappa shape index (κ2) is 5.96. The van der Waals surface area contributed by atoms with E-state index in [4.69, 9.17) is 11.6 Å². The second-order valence-electron chi connectivity index (χ2n) is 3.92. The molecule has 2 aromatic rings. The smallest absolute Gasteiger partial charge is 0.243 e. The van der Waals surface area contributed by atoms with Crippen molar-refractivity contribution in [1.29, 1.82) is 0 Å². The van der Waals surface area contributed by atoms with Crippen molar-refractivity contribution in [3.63, 3.8) is 0 Å². The van der Waals surface area contributed by atoms with Crippen LogP contribution in [0.5, 0.6) is 0 Å². The first kappa shape index (κ1) is 14.4. The molecule has 0 aromatic carbocycles. The summed E-state index contributed by atoms with van der Waals surface area (Å²) < 4.78 is 26.7. The summed E-state index contributed by atoms with van der Waals surface area (Å²) in [5, 5.41) is 2.72. The van der Waals surface area contributed by atoms with Crippen LogP contribution in [0.25, 0.3) is 0 Å². The largest absolute Gasteiger partial charge is 0.249 e. The number of nitrogens with one attached hydrogen (secondary N) is 1. The molecular weight excluding hydrogens is 306 g/mol. The van der Waals surface area contributed by atoms with Gasteiger partial charge >= 0.3 is 0 Å². The van der Waals surface area contributed by atoms with Crippen molar-refractivity contribution < 1.29 is 8.42 Å². The molecule has 19 heavy (non-hydrogen) atoms. The lowest BCUT2D eigenvalue weighted by Crippen LogP contribution is -2.28. The normalized spacial score (nSPS) is 13.4. The van der Waals surface area contributed by atoms with E-state index in [1.165, 1.54) is 29.7 Å². The Hall–Kier alpha value is -1.02. The number of pyridine rings is 1. The van der Waals surface area contributed by atoms with Crippen LogP contribution < -0.4 is 4.72 Å². The van der Waals surface area contributed by atoms with E-state index in [1.807, 2.05) is 12.3 Å². The summed E-state index contributed by atoms with van der Waals surface area (Å²) in [5.41, 5.74) is 0. The van der Waals surface area contributed by atoms with Crippen molar-refractivity contribution in [2.75, 3.05) is 6.54 Å². The SMILES string of the molecule is CC(CNS(=O)(=O)c1cccnc1Cl)c1nccs1.